The highest BCUT2D eigenvalue weighted by Crippen LogP contribution is 2.28. The second-order valence-corrected chi connectivity index (χ2v) is 6.41. The van der Waals surface area contributed by atoms with Crippen molar-refractivity contribution in [2.24, 2.45) is 0 Å². The Kier molecular flexibility index (Phi) is 4.17. The van der Waals surface area contributed by atoms with Crippen molar-refractivity contribution in [2.45, 2.75) is 13.3 Å². The molecule has 4 rings (SSSR count). The molecule has 0 aliphatic carbocycles. The molecule has 0 unspecified atom stereocenters. The maximum absolute atomic E-state index is 14.5. The molecule has 2 heterocycles. The van der Waals surface area contributed by atoms with Crippen molar-refractivity contribution in [3.63, 3.8) is 0 Å². The van der Waals surface area contributed by atoms with Crippen LogP contribution < -0.4 is 4.74 Å². The van der Waals surface area contributed by atoms with E-state index in [2.05, 4.69) is 41.2 Å². The summed E-state index contributed by atoms with van der Waals surface area (Å²) < 4.78 is 19.6. The lowest BCUT2D eigenvalue weighted by atomic mass is 10.0. The van der Waals surface area contributed by atoms with Gasteiger partial charge in [-0.05, 0) is 35.7 Å². The highest BCUT2D eigenvalue weighted by molar-refractivity contribution is 5.85. The SMILES string of the molecule is COc1cccc(Cc2c[nH]c3ncc(-c4cccc(C)c4)cc23)c1F. The van der Waals surface area contributed by atoms with Crippen LogP contribution in [0.1, 0.15) is 16.7 Å². The molecule has 2 aromatic heterocycles. The average Bonchev–Trinajstić information content (AvgIpc) is 3.05. The average molecular weight is 346 g/mol. The quantitative estimate of drug-likeness (QED) is 0.546. The number of rotatable bonds is 4. The van der Waals surface area contributed by atoms with Crippen LogP contribution in [0, 0.1) is 12.7 Å². The van der Waals surface area contributed by atoms with Crippen LogP contribution in [-0.4, -0.2) is 17.1 Å². The molecule has 3 nitrogen and oxygen atoms in total. The van der Waals surface area contributed by atoms with E-state index in [4.69, 9.17) is 4.74 Å². The molecule has 26 heavy (non-hydrogen) atoms. The molecule has 2 aromatic carbocycles. The first kappa shape index (κ1) is 16.3. The van der Waals surface area contributed by atoms with Gasteiger partial charge in [-0.2, -0.15) is 0 Å². The fraction of sp³-hybridized carbons (Fsp3) is 0.136. The minimum atomic E-state index is -0.313. The van der Waals surface area contributed by atoms with Crippen molar-refractivity contribution in [3.8, 4) is 16.9 Å². The van der Waals surface area contributed by atoms with Crippen molar-refractivity contribution in [3.05, 3.63) is 83.4 Å². The molecule has 4 aromatic rings. The number of nitrogens with one attached hydrogen (secondary N) is 1. The first-order chi connectivity index (χ1) is 12.7. The predicted molar refractivity (Wildman–Crippen MR) is 102 cm³/mol. The molecule has 130 valence electrons. The number of benzene rings is 2. The van der Waals surface area contributed by atoms with Gasteiger partial charge >= 0.3 is 0 Å². The lowest BCUT2D eigenvalue weighted by molar-refractivity contribution is 0.384. The summed E-state index contributed by atoms with van der Waals surface area (Å²) in [4.78, 5) is 7.71. The van der Waals surface area contributed by atoms with E-state index in [-0.39, 0.29) is 11.6 Å². The molecular formula is C22H19FN2O. The van der Waals surface area contributed by atoms with Crippen LogP contribution in [0.4, 0.5) is 4.39 Å². The van der Waals surface area contributed by atoms with E-state index in [0.717, 1.165) is 27.7 Å². The lowest BCUT2D eigenvalue weighted by Crippen LogP contribution is -1.96. The van der Waals surface area contributed by atoms with E-state index in [1.165, 1.54) is 12.7 Å². The van der Waals surface area contributed by atoms with Crippen LogP contribution in [0.15, 0.2) is 60.9 Å². The van der Waals surface area contributed by atoms with Gasteiger partial charge < -0.3 is 9.72 Å². The third kappa shape index (κ3) is 2.94. The largest absolute Gasteiger partial charge is 0.494 e. The van der Waals surface area contributed by atoms with Crippen LogP contribution in [0.5, 0.6) is 5.75 Å². The summed E-state index contributed by atoms with van der Waals surface area (Å²) in [5.41, 5.74) is 5.79. The molecule has 0 saturated carbocycles. The van der Waals surface area contributed by atoms with Crippen LogP contribution in [0.3, 0.4) is 0 Å². The molecule has 0 amide bonds. The maximum atomic E-state index is 14.5. The molecule has 0 saturated heterocycles. The van der Waals surface area contributed by atoms with E-state index < -0.39 is 0 Å². The zero-order chi connectivity index (χ0) is 18.1. The number of ether oxygens (including phenoxy) is 1. The molecule has 0 aliphatic rings. The summed E-state index contributed by atoms with van der Waals surface area (Å²) in [7, 11) is 1.48. The number of hydrogen-bond acceptors (Lipinski definition) is 2. The van der Waals surface area contributed by atoms with Gasteiger partial charge in [0.2, 0.25) is 0 Å². The number of aryl methyl sites for hydroxylation is 1. The predicted octanol–water partition coefficient (Wildman–Crippen LogP) is 5.28. The highest BCUT2D eigenvalue weighted by atomic mass is 19.1. The number of aromatic amines is 1. The Labute approximate surface area is 151 Å². The Hall–Kier alpha value is -3.14. The standard InChI is InChI=1S/C22H19FN2O/c1-14-5-3-6-15(9-14)17-11-19-18(13-25-22(19)24-12-17)10-16-7-4-8-20(26-2)21(16)23/h3-9,11-13H,10H2,1-2H3,(H,24,25). The molecule has 0 bridgehead atoms. The second-order valence-electron chi connectivity index (χ2n) is 6.41. The Morgan fingerprint density at radius 1 is 1.04 bits per heavy atom. The minimum Gasteiger partial charge on any atom is -0.494 e. The van der Waals surface area contributed by atoms with Gasteiger partial charge in [0, 0.05) is 29.8 Å². The normalized spacial score (nSPS) is 11.0. The van der Waals surface area contributed by atoms with Crippen LogP contribution in [0.25, 0.3) is 22.2 Å². The number of pyridine rings is 1. The molecular weight excluding hydrogens is 327 g/mol. The van der Waals surface area contributed by atoms with Crippen molar-refractivity contribution in [1.82, 2.24) is 9.97 Å². The fourth-order valence-electron chi connectivity index (χ4n) is 3.24. The van der Waals surface area contributed by atoms with E-state index >= 15 is 0 Å². The van der Waals surface area contributed by atoms with E-state index in [0.29, 0.717) is 12.0 Å². The number of aromatic nitrogens is 2. The number of halogens is 1. The summed E-state index contributed by atoms with van der Waals surface area (Å²) in [6, 6.07) is 15.7. The van der Waals surface area contributed by atoms with Crippen LogP contribution in [0.2, 0.25) is 0 Å². The Balaban J connectivity index is 1.76. The first-order valence-electron chi connectivity index (χ1n) is 8.50. The number of hydrogen-bond donors (Lipinski definition) is 1. The van der Waals surface area contributed by atoms with E-state index in [9.17, 15) is 4.39 Å². The topological polar surface area (TPSA) is 37.9 Å². The molecule has 0 aliphatic heterocycles. The molecule has 1 N–H and O–H groups in total. The molecule has 0 fully saturated rings. The van der Waals surface area contributed by atoms with Crippen LogP contribution >= 0.6 is 0 Å². The van der Waals surface area contributed by atoms with Gasteiger partial charge in [-0.25, -0.2) is 9.37 Å². The van der Waals surface area contributed by atoms with Crippen molar-refractivity contribution in [1.29, 1.82) is 0 Å². The Morgan fingerprint density at radius 2 is 1.88 bits per heavy atom. The molecule has 0 spiro atoms. The van der Waals surface area contributed by atoms with E-state index in [1.54, 1.807) is 12.1 Å². The summed E-state index contributed by atoms with van der Waals surface area (Å²) >= 11 is 0. The molecule has 4 heteroatoms. The van der Waals surface area contributed by atoms with Crippen molar-refractivity contribution >= 4 is 11.0 Å². The lowest BCUT2D eigenvalue weighted by Gasteiger charge is -2.07. The molecule has 0 radical (unpaired) electrons. The Morgan fingerprint density at radius 3 is 2.69 bits per heavy atom. The summed E-state index contributed by atoms with van der Waals surface area (Å²) in [6.45, 7) is 2.07. The number of methoxy groups -OCH3 is 1. The second kappa shape index (κ2) is 6.64. The fourth-order valence-corrected chi connectivity index (χ4v) is 3.24. The Bertz CT molecular complexity index is 1080. The summed E-state index contributed by atoms with van der Waals surface area (Å²) in [5.74, 6) is -0.0481. The first-order valence-corrected chi connectivity index (χ1v) is 8.50. The zero-order valence-electron chi connectivity index (χ0n) is 14.7. The maximum Gasteiger partial charge on any atom is 0.168 e. The van der Waals surface area contributed by atoms with Gasteiger partial charge in [-0.3, -0.25) is 0 Å². The minimum absolute atomic E-state index is 0.265. The monoisotopic (exact) mass is 346 g/mol. The summed E-state index contributed by atoms with van der Waals surface area (Å²) in [6.07, 6.45) is 4.24. The zero-order valence-corrected chi connectivity index (χ0v) is 14.7. The van der Waals surface area contributed by atoms with Crippen molar-refractivity contribution in [2.75, 3.05) is 7.11 Å². The summed E-state index contributed by atoms with van der Waals surface area (Å²) in [5, 5.41) is 1.01. The van der Waals surface area contributed by atoms with Gasteiger partial charge in [0.1, 0.15) is 5.65 Å². The molecule has 0 atom stereocenters. The van der Waals surface area contributed by atoms with Gasteiger partial charge in [0.05, 0.1) is 7.11 Å². The van der Waals surface area contributed by atoms with Gasteiger partial charge in [0.15, 0.2) is 11.6 Å². The smallest absolute Gasteiger partial charge is 0.168 e. The number of nitrogens with zero attached hydrogens (tertiary/aromatic N) is 1. The van der Waals surface area contributed by atoms with Gasteiger partial charge in [0.25, 0.3) is 0 Å². The van der Waals surface area contributed by atoms with Crippen molar-refractivity contribution < 1.29 is 9.13 Å². The number of H-pyrrole nitrogens is 1. The highest BCUT2D eigenvalue weighted by Gasteiger charge is 2.13. The van der Waals surface area contributed by atoms with E-state index in [1.807, 2.05) is 24.5 Å². The third-order valence-corrected chi connectivity index (χ3v) is 4.61. The van der Waals surface area contributed by atoms with Gasteiger partial charge in [-0.1, -0.05) is 42.0 Å². The van der Waals surface area contributed by atoms with Gasteiger partial charge in [-0.15, -0.1) is 0 Å². The third-order valence-electron chi connectivity index (χ3n) is 4.61. The van der Waals surface area contributed by atoms with Crippen LogP contribution in [-0.2, 0) is 6.42 Å². The number of fused-ring (bicyclic) bond motifs is 1.